The molecule has 0 atom stereocenters. The maximum atomic E-state index is 14.0. The van der Waals surface area contributed by atoms with Gasteiger partial charge in [0.25, 0.3) is 5.91 Å². The zero-order chi connectivity index (χ0) is 19.7. The lowest BCUT2D eigenvalue weighted by atomic mass is 9.94. The number of benzene rings is 1. The minimum Gasteiger partial charge on any atom is -0.342 e. The Kier molecular flexibility index (Phi) is 5.48. The number of carbonyl (C=O) groups is 2. The van der Waals surface area contributed by atoms with E-state index in [-0.39, 0.29) is 23.3 Å². The molecule has 0 saturated carbocycles. The van der Waals surface area contributed by atoms with Gasteiger partial charge < -0.3 is 19.8 Å². The molecular weight excluding hydrogens is 379 g/mol. The summed E-state index contributed by atoms with van der Waals surface area (Å²) < 4.78 is 14.3. The summed E-state index contributed by atoms with van der Waals surface area (Å²) in [4.78, 5) is 35.3. The number of aromatic nitrogens is 2. The largest absolute Gasteiger partial charge is 0.342 e. The maximum Gasteiger partial charge on any atom is 0.256 e. The summed E-state index contributed by atoms with van der Waals surface area (Å²) in [6, 6.07) is 2.57. The van der Waals surface area contributed by atoms with E-state index in [0.29, 0.717) is 41.7 Å². The Bertz CT molecular complexity index is 937. The highest BCUT2D eigenvalue weighted by atomic mass is 32.1. The van der Waals surface area contributed by atoms with Crippen molar-refractivity contribution >= 4 is 35.1 Å². The van der Waals surface area contributed by atoms with Crippen LogP contribution in [0.2, 0.25) is 0 Å². The molecule has 2 aliphatic heterocycles. The smallest absolute Gasteiger partial charge is 0.256 e. The van der Waals surface area contributed by atoms with Crippen LogP contribution in [0.5, 0.6) is 0 Å². The Hall–Kier alpha value is -2.22. The summed E-state index contributed by atoms with van der Waals surface area (Å²) in [7, 11) is 0. The monoisotopic (exact) mass is 404 g/mol. The van der Waals surface area contributed by atoms with Crippen LogP contribution in [-0.4, -0.2) is 57.8 Å². The lowest BCUT2D eigenvalue weighted by Gasteiger charge is -2.34. The summed E-state index contributed by atoms with van der Waals surface area (Å²) in [6.45, 7) is 2.72. The number of rotatable bonds is 2. The lowest BCUT2D eigenvalue weighted by Crippen LogP contribution is -2.44. The van der Waals surface area contributed by atoms with Crippen molar-refractivity contribution in [2.24, 2.45) is 5.92 Å². The summed E-state index contributed by atoms with van der Waals surface area (Å²) in [5.41, 5.74) is 1.29. The van der Waals surface area contributed by atoms with Crippen LogP contribution in [-0.2, 0) is 4.79 Å². The Morgan fingerprint density at radius 1 is 0.964 bits per heavy atom. The van der Waals surface area contributed by atoms with E-state index in [4.69, 9.17) is 12.2 Å². The molecule has 1 aromatic carbocycles. The summed E-state index contributed by atoms with van der Waals surface area (Å²) in [5.74, 6) is -0.493. The minimum atomic E-state index is -0.479. The quantitative estimate of drug-likeness (QED) is 0.751. The first-order chi connectivity index (χ1) is 13.5. The molecule has 150 valence electrons. The van der Waals surface area contributed by atoms with E-state index < -0.39 is 5.82 Å². The normalized spacial score (nSPS) is 19.0. The molecule has 3 heterocycles. The van der Waals surface area contributed by atoms with Gasteiger partial charge in [-0.1, -0.05) is 12.8 Å². The average Bonchev–Trinajstić information content (AvgIpc) is 2.90. The number of carbonyl (C=O) groups excluding carboxylic acids is 2. The standard InChI is InChI=1S/C20H25FN4O2S/c21-14-11-15(17-16(12-14)22-20(28)23-17)19(27)25-9-5-13(6-10-25)18(26)24-7-3-1-2-4-8-24/h11-13H,1-10H2,(H2,22,23,28). The van der Waals surface area contributed by atoms with Crippen molar-refractivity contribution in [2.75, 3.05) is 26.2 Å². The third-order valence-corrected chi connectivity index (χ3v) is 6.07. The third kappa shape index (κ3) is 3.83. The molecule has 2 aliphatic rings. The molecule has 2 aromatic rings. The zero-order valence-corrected chi connectivity index (χ0v) is 16.6. The van der Waals surface area contributed by atoms with Crippen molar-refractivity contribution in [3.8, 4) is 0 Å². The maximum absolute atomic E-state index is 14.0. The molecule has 0 aliphatic carbocycles. The number of hydrogen-bond acceptors (Lipinski definition) is 3. The van der Waals surface area contributed by atoms with E-state index >= 15 is 0 Å². The van der Waals surface area contributed by atoms with Crippen LogP contribution in [0.25, 0.3) is 11.0 Å². The fourth-order valence-corrected chi connectivity index (χ4v) is 4.54. The first-order valence-electron chi connectivity index (χ1n) is 10.0. The molecule has 2 fully saturated rings. The summed E-state index contributed by atoms with van der Waals surface area (Å²) in [5, 5.41) is 0. The van der Waals surface area contributed by atoms with Crippen molar-refractivity contribution in [1.29, 1.82) is 0 Å². The molecule has 6 nitrogen and oxygen atoms in total. The van der Waals surface area contributed by atoms with E-state index in [9.17, 15) is 14.0 Å². The van der Waals surface area contributed by atoms with Crippen molar-refractivity contribution in [2.45, 2.75) is 38.5 Å². The number of piperidine rings is 1. The van der Waals surface area contributed by atoms with Crippen LogP contribution in [0.4, 0.5) is 4.39 Å². The van der Waals surface area contributed by atoms with Gasteiger partial charge in [-0.2, -0.15) is 0 Å². The summed E-state index contributed by atoms with van der Waals surface area (Å²) in [6.07, 6.45) is 5.86. The number of nitrogens with one attached hydrogen (secondary N) is 2. The molecule has 4 rings (SSSR count). The molecule has 8 heteroatoms. The van der Waals surface area contributed by atoms with Crippen LogP contribution in [0.3, 0.4) is 0 Å². The Morgan fingerprint density at radius 2 is 1.64 bits per heavy atom. The molecule has 0 unspecified atom stereocenters. The van der Waals surface area contributed by atoms with Gasteiger partial charge in [-0.05, 0) is 50.0 Å². The summed E-state index contributed by atoms with van der Waals surface area (Å²) >= 11 is 5.07. The van der Waals surface area contributed by atoms with Gasteiger partial charge in [0.05, 0.1) is 16.6 Å². The first-order valence-corrected chi connectivity index (χ1v) is 10.4. The van der Waals surface area contributed by atoms with Crippen molar-refractivity contribution in [1.82, 2.24) is 19.8 Å². The van der Waals surface area contributed by atoms with E-state index in [1.165, 1.54) is 25.0 Å². The fraction of sp³-hybridized carbons (Fsp3) is 0.550. The molecule has 28 heavy (non-hydrogen) atoms. The van der Waals surface area contributed by atoms with E-state index in [0.717, 1.165) is 25.9 Å². The SMILES string of the molecule is O=C(c1cc(F)cc2[nH]c(=S)[nH]c12)N1CCC(C(=O)N2CCCCCC2)CC1. The van der Waals surface area contributed by atoms with Gasteiger partial charge >= 0.3 is 0 Å². The van der Waals surface area contributed by atoms with Crippen LogP contribution in [0, 0.1) is 16.5 Å². The number of likely N-dealkylation sites (tertiary alicyclic amines) is 2. The fourth-order valence-electron chi connectivity index (χ4n) is 4.33. The molecule has 1 aromatic heterocycles. The number of hydrogen-bond donors (Lipinski definition) is 2. The van der Waals surface area contributed by atoms with Gasteiger partial charge in [0.15, 0.2) is 4.77 Å². The number of amides is 2. The van der Waals surface area contributed by atoms with E-state index in [1.807, 2.05) is 4.90 Å². The van der Waals surface area contributed by atoms with E-state index in [1.54, 1.807) is 4.90 Å². The minimum absolute atomic E-state index is 0.0206. The van der Waals surface area contributed by atoms with Crippen LogP contribution < -0.4 is 0 Å². The van der Waals surface area contributed by atoms with Crippen LogP contribution >= 0.6 is 12.2 Å². The van der Waals surface area contributed by atoms with Gasteiger partial charge in [0.1, 0.15) is 5.82 Å². The topological polar surface area (TPSA) is 72.2 Å². The molecule has 0 radical (unpaired) electrons. The lowest BCUT2D eigenvalue weighted by molar-refractivity contribution is -0.136. The second-order valence-electron chi connectivity index (χ2n) is 7.76. The van der Waals surface area contributed by atoms with Crippen molar-refractivity contribution in [3.05, 3.63) is 28.3 Å². The molecule has 2 saturated heterocycles. The van der Waals surface area contributed by atoms with Gasteiger partial charge in [0, 0.05) is 32.1 Å². The molecule has 0 spiro atoms. The molecule has 2 N–H and O–H groups in total. The Balaban J connectivity index is 1.44. The number of aromatic amines is 2. The average molecular weight is 405 g/mol. The second kappa shape index (κ2) is 8.03. The van der Waals surface area contributed by atoms with Crippen LogP contribution in [0.15, 0.2) is 12.1 Å². The predicted octanol–water partition coefficient (Wildman–Crippen LogP) is 3.62. The van der Waals surface area contributed by atoms with Gasteiger partial charge in [-0.3, -0.25) is 9.59 Å². The number of fused-ring (bicyclic) bond motifs is 1. The number of halogens is 1. The number of nitrogens with zero attached hydrogens (tertiary/aromatic N) is 2. The highest BCUT2D eigenvalue weighted by molar-refractivity contribution is 7.71. The van der Waals surface area contributed by atoms with Crippen LogP contribution in [0.1, 0.15) is 48.9 Å². The van der Waals surface area contributed by atoms with Gasteiger partial charge in [0.2, 0.25) is 5.91 Å². The number of H-pyrrole nitrogens is 2. The highest BCUT2D eigenvalue weighted by Crippen LogP contribution is 2.25. The zero-order valence-electron chi connectivity index (χ0n) is 15.8. The third-order valence-electron chi connectivity index (χ3n) is 5.87. The Morgan fingerprint density at radius 3 is 2.32 bits per heavy atom. The van der Waals surface area contributed by atoms with Gasteiger partial charge in [-0.15, -0.1) is 0 Å². The first kappa shape index (κ1) is 19.1. The van der Waals surface area contributed by atoms with Crippen molar-refractivity contribution < 1.29 is 14.0 Å². The molecule has 0 bridgehead atoms. The second-order valence-corrected chi connectivity index (χ2v) is 8.17. The molecule has 2 amide bonds. The van der Waals surface area contributed by atoms with Gasteiger partial charge in [-0.25, -0.2) is 4.39 Å². The van der Waals surface area contributed by atoms with E-state index in [2.05, 4.69) is 9.97 Å². The van der Waals surface area contributed by atoms with Crippen molar-refractivity contribution in [3.63, 3.8) is 0 Å². The number of imidazole rings is 1. The Labute approximate surface area is 168 Å². The highest BCUT2D eigenvalue weighted by Gasteiger charge is 2.31. The molecular formula is C20H25FN4O2S. The predicted molar refractivity (Wildman–Crippen MR) is 107 cm³/mol.